The Hall–Kier alpha value is -1.09. The minimum atomic E-state index is 0.706. The van der Waals surface area contributed by atoms with Crippen LogP contribution in [0.4, 0.5) is 5.69 Å². The van der Waals surface area contributed by atoms with Crippen LogP contribution in [0, 0.1) is 17.3 Å². The van der Waals surface area contributed by atoms with E-state index in [1.807, 2.05) is 12.4 Å². The van der Waals surface area contributed by atoms with Crippen molar-refractivity contribution in [3.63, 3.8) is 0 Å². The highest BCUT2D eigenvalue weighted by atomic mass is 15.3. The van der Waals surface area contributed by atoms with E-state index in [1.165, 1.54) is 103 Å². The number of rotatable bonds is 9. The number of piperazine rings is 1. The SMILES string of the molecule is CCCCCCC(CN1CCN(c2ccncc2)CC1)C12CCCC(CC1)C2. The van der Waals surface area contributed by atoms with E-state index in [9.17, 15) is 0 Å². The zero-order valence-corrected chi connectivity index (χ0v) is 18.1. The minimum Gasteiger partial charge on any atom is -0.369 e. The van der Waals surface area contributed by atoms with Gasteiger partial charge in [-0.3, -0.25) is 9.88 Å². The van der Waals surface area contributed by atoms with Gasteiger partial charge in [-0.1, -0.05) is 45.4 Å². The van der Waals surface area contributed by atoms with E-state index in [0.717, 1.165) is 11.8 Å². The third-order valence-corrected chi connectivity index (χ3v) is 8.18. The van der Waals surface area contributed by atoms with Crippen molar-refractivity contribution in [3.05, 3.63) is 24.5 Å². The van der Waals surface area contributed by atoms with Gasteiger partial charge in [0, 0.05) is 50.8 Å². The minimum absolute atomic E-state index is 0.706. The molecular formula is C25H41N3. The monoisotopic (exact) mass is 383 g/mol. The van der Waals surface area contributed by atoms with Gasteiger partial charge in [0.25, 0.3) is 0 Å². The molecule has 0 aromatic carbocycles. The second-order valence-corrected chi connectivity index (χ2v) is 9.90. The average Bonchev–Trinajstić information content (AvgIpc) is 3.06. The molecule has 1 saturated heterocycles. The van der Waals surface area contributed by atoms with Gasteiger partial charge in [-0.25, -0.2) is 0 Å². The highest BCUT2D eigenvalue weighted by Crippen LogP contribution is 2.56. The van der Waals surface area contributed by atoms with E-state index < -0.39 is 0 Å². The summed E-state index contributed by atoms with van der Waals surface area (Å²) in [7, 11) is 0. The number of pyridine rings is 1. The molecule has 0 amide bonds. The molecule has 3 heteroatoms. The number of nitrogens with zero attached hydrogens (tertiary/aromatic N) is 3. The van der Waals surface area contributed by atoms with Crippen LogP contribution >= 0.6 is 0 Å². The Morgan fingerprint density at radius 3 is 2.64 bits per heavy atom. The highest BCUT2D eigenvalue weighted by molar-refractivity contribution is 5.44. The van der Waals surface area contributed by atoms with Gasteiger partial charge in [-0.15, -0.1) is 0 Å². The smallest absolute Gasteiger partial charge is 0.0397 e. The number of hydrogen-bond donors (Lipinski definition) is 0. The lowest BCUT2D eigenvalue weighted by atomic mass is 9.65. The van der Waals surface area contributed by atoms with Gasteiger partial charge in [-0.2, -0.15) is 0 Å². The van der Waals surface area contributed by atoms with Gasteiger partial charge in [0.2, 0.25) is 0 Å². The predicted molar refractivity (Wildman–Crippen MR) is 119 cm³/mol. The van der Waals surface area contributed by atoms with Gasteiger partial charge in [0.1, 0.15) is 0 Å². The first kappa shape index (κ1) is 20.2. The molecule has 1 aromatic rings. The molecule has 2 saturated carbocycles. The first-order valence-electron chi connectivity index (χ1n) is 12.2. The highest BCUT2D eigenvalue weighted by Gasteiger charge is 2.46. The summed E-state index contributed by atoms with van der Waals surface area (Å²) in [4.78, 5) is 9.52. The van der Waals surface area contributed by atoms with E-state index in [4.69, 9.17) is 0 Å². The van der Waals surface area contributed by atoms with E-state index >= 15 is 0 Å². The zero-order valence-electron chi connectivity index (χ0n) is 18.1. The third kappa shape index (κ3) is 4.72. The lowest BCUT2D eigenvalue weighted by molar-refractivity contribution is 0.0670. The van der Waals surface area contributed by atoms with Crippen molar-refractivity contribution in [2.75, 3.05) is 37.6 Å². The topological polar surface area (TPSA) is 19.4 Å². The Morgan fingerprint density at radius 2 is 1.86 bits per heavy atom. The molecule has 3 unspecified atom stereocenters. The Morgan fingerprint density at radius 1 is 1.04 bits per heavy atom. The maximum Gasteiger partial charge on any atom is 0.0397 e. The Bertz CT molecular complexity index is 577. The summed E-state index contributed by atoms with van der Waals surface area (Å²) in [5.74, 6) is 2.01. The van der Waals surface area contributed by atoms with Gasteiger partial charge < -0.3 is 4.90 Å². The summed E-state index contributed by atoms with van der Waals surface area (Å²) >= 11 is 0. The summed E-state index contributed by atoms with van der Waals surface area (Å²) in [6.07, 6.45) is 20.2. The molecule has 2 bridgehead atoms. The van der Waals surface area contributed by atoms with Gasteiger partial charge >= 0.3 is 0 Å². The van der Waals surface area contributed by atoms with Gasteiger partial charge in [0.05, 0.1) is 0 Å². The quantitative estimate of drug-likeness (QED) is 0.505. The van der Waals surface area contributed by atoms with Gasteiger partial charge in [0.15, 0.2) is 0 Å². The number of unbranched alkanes of at least 4 members (excludes halogenated alkanes) is 3. The average molecular weight is 384 g/mol. The van der Waals surface area contributed by atoms with E-state index in [1.54, 1.807) is 6.42 Å². The summed E-state index contributed by atoms with van der Waals surface area (Å²) in [5, 5.41) is 0. The van der Waals surface area contributed by atoms with Crippen molar-refractivity contribution in [1.29, 1.82) is 0 Å². The van der Waals surface area contributed by atoms with Crippen LogP contribution < -0.4 is 4.90 Å². The Kier molecular flexibility index (Phi) is 6.93. The van der Waals surface area contributed by atoms with Gasteiger partial charge in [-0.05, 0) is 61.5 Å². The Balaban J connectivity index is 1.34. The van der Waals surface area contributed by atoms with Crippen LogP contribution in [0.25, 0.3) is 0 Å². The lowest BCUT2D eigenvalue weighted by Gasteiger charge is -2.45. The molecular weight excluding hydrogens is 342 g/mol. The molecule has 1 aromatic heterocycles. The van der Waals surface area contributed by atoms with Crippen molar-refractivity contribution in [2.24, 2.45) is 17.3 Å². The fourth-order valence-electron chi connectivity index (χ4n) is 6.53. The van der Waals surface area contributed by atoms with Crippen molar-refractivity contribution in [3.8, 4) is 0 Å². The normalized spacial score (nSPS) is 29.2. The van der Waals surface area contributed by atoms with Crippen LogP contribution in [0.15, 0.2) is 24.5 Å². The summed E-state index contributed by atoms with van der Waals surface area (Å²) in [5.41, 5.74) is 2.05. The van der Waals surface area contributed by atoms with Crippen molar-refractivity contribution in [1.82, 2.24) is 9.88 Å². The summed E-state index contributed by atoms with van der Waals surface area (Å²) in [6, 6.07) is 4.32. The Labute approximate surface area is 172 Å². The molecule has 28 heavy (non-hydrogen) atoms. The molecule has 1 aliphatic heterocycles. The summed E-state index contributed by atoms with van der Waals surface area (Å²) < 4.78 is 0. The van der Waals surface area contributed by atoms with Crippen LogP contribution in [0.2, 0.25) is 0 Å². The van der Waals surface area contributed by atoms with Crippen LogP contribution in [-0.2, 0) is 0 Å². The van der Waals surface area contributed by atoms with Crippen LogP contribution in [0.3, 0.4) is 0 Å². The molecule has 2 aliphatic carbocycles. The molecule has 2 heterocycles. The van der Waals surface area contributed by atoms with Crippen LogP contribution in [0.5, 0.6) is 0 Å². The van der Waals surface area contributed by atoms with Crippen LogP contribution in [-0.4, -0.2) is 42.6 Å². The molecule has 0 radical (unpaired) electrons. The fraction of sp³-hybridized carbons (Fsp3) is 0.800. The maximum absolute atomic E-state index is 4.17. The number of fused-ring (bicyclic) bond motifs is 2. The second-order valence-electron chi connectivity index (χ2n) is 9.90. The van der Waals surface area contributed by atoms with E-state index in [-0.39, 0.29) is 0 Å². The number of anilines is 1. The predicted octanol–water partition coefficient (Wildman–Crippen LogP) is 5.76. The maximum atomic E-state index is 4.17. The molecule has 4 rings (SSSR count). The number of aromatic nitrogens is 1. The zero-order chi connectivity index (χ0) is 19.2. The lowest BCUT2D eigenvalue weighted by Crippen LogP contribution is -2.49. The third-order valence-electron chi connectivity index (χ3n) is 8.18. The fourth-order valence-corrected chi connectivity index (χ4v) is 6.53. The molecule has 156 valence electrons. The molecule has 3 fully saturated rings. The van der Waals surface area contributed by atoms with Crippen LogP contribution in [0.1, 0.15) is 77.6 Å². The molecule has 3 nitrogen and oxygen atoms in total. The molecule has 0 spiro atoms. The number of hydrogen-bond acceptors (Lipinski definition) is 3. The van der Waals surface area contributed by atoms with Crippen molar-refractivity contribution < 1.29 is 0 Å². The van der Waals surface area contributed by atoms with Crippen molar-refractivity contribution >= 4 is 5.69 Å². The first-order valence-corrected chi connectivity index (χ1v) is 12.2. The molecule has 3 atom stereocenters. The van der Waals surface area contributed by atoms with E-state index in [0.29, 0.717) is 5.41 Å². The largest absolute Gasteiger partial charge is 0.369 e. The molecule has 0 N–H and O–H groups in total. The van der Waals surface area contributed by atoms with Crippen molar-refractivity contribution in [2.45, 2.75) is 77.6 Å². The summed E-state index contributed by atoms with van der Waals surface area (Å²) in [6.45, 7) is 8.50. The second kappa shape index (κ2) is 9.61. The van der Waals surface area contributed by atoms with E-state index in [2.05, 4.69) is 33.8 Å². The first-order chi connectivity index (χ1) is 13.8. The standard InChI is InChI=1S/C25H41N3/c1-2-3-4-5-8-23(25-12-6-7-22(20-25)9-13-25)21-27-16-18-28(19-17-27)24-10-14-26-15-11-24/h10-11,14-15,22-23H,2-9,12-13,16-21H2,1H3. The molecule has 3 aliphatic rings.